The van der Waals surface area contributed by atoms with E-state index < -0.39 is 15.6 Å². The van der Waals surface area contributed by atoms with Crippen LogP contribution in [0, 0.1) is 0 Å². The highest BCUT2D eigenvalue weighted by atomic mass is 32.2. The molecule has 1 aromatic carbocycles. The summed E-state index contributed by atoms with van der Waals surface area (Å²) in [5.74, 6) is -0.317. The second-order valence-corrected chi connectivity index (χ2v) is 6.64. The summed E-state index contributed by atoms with van der Waals surface area (Å²) in [7, 11) is -2.12. The Hall–Kier alpha value is -1.40. The lowest BCUT2D eigenvalue weighted by molar-refractivity contribution is 0.0963. The molecule has 0 aliphatic heterocycles. The molecule has 0 heterocycles. The van der Waals surface area contributed by atoms with Crippen LogP contribution in [0.15, 0.2) is 29.2 Å². The molecule has 6 heteroatoms. The van der Waals surface area contributed by atoms with E-state index in [1.54, 1.807) is 32.9 Å². The van der Waals surface area contributed by atoms with Crippen molar-refractivity contribution in [1.29, 1.82) is 0 Å². The van der Waals surface area contributed by atoms with Crippen molar-refractivity contribution in [3.63, 3.8) is 0 Å². The predicted octanol–water partition coefficient (Wildman–Crippen LogP) is 1.12. The highest BCUT2D eigenvalue weighted by molar-refractivity contribution is 7.89. The van der Waals surface area contributed by atoms with E-state index in [0.717, 1.165) is 0 Å². The summed E-state index contributed by atoms with van der Waals surface area (Å²) in [5, 5.41) is 2.45. The van der Waals surface area contributed by atoms with E-state index >= 15 is 0 Å². The van der Waals surface area contributed by atoms with E-state index in [-0.39, 0.29) is 10.8 Å². The van der Waals surface area contributed by atoms with E-state index in [9.17, 15) is 13.2 Å². The predicted molar refractivity (Wildman–Crippen MR) is 69.9 cm³/mol. The lowest BCUT2D eigenvalue weighted by Gasteiger charge is -2.20. The fraction of sp³-hybridized carbons (Fsp3) is 0.417. The molecule has 1 amide bonds. The van der Waals surface area contributed by atoms with Crippen molar-refractivity contribution in [2.45, 2.75) is 31.2 Å². The van der Waals surface area contributed by atoms with Crippen LogP contribution in [0.3, 0.4) is 0 Å². The number of sulfonamides is 1. The Labute approximate surface area is 108 Å². The first kappa shape index (κ1) is 14.7. The summed E-state index contributed by atoms with van der Waals surface area (Å²) in [5.41, 5.74) is -0.253. The van der Waals surface area contributed by atoms with Gasteiger partial charge in [-0.15, -0.1) is 0 Å². The van der Waals surface area contributed by atoms with Crippen LogP contribution in [-0.4, -0.2) is 26.9 Å². The fourth-order valence-electron chi connectivity index (χ4n) is 1.41. The first-order chi connectivity index (χ1) is 8.15. The van der Waals surface area contributed by atoms with Gasteiger partial charge in [0.2, 0.25) is 10.0 Å². The molecular formula is C12H18N2O3S. The number of rotatable bonds is 3. The molecule has 0 bridgehead atoms. The standard InChI is InChI=1S/C12H18N2O3S/c1-12(2,3)14-18(16,17)10-7-5-6-9(8-10)11(15)13-4/h5-8,14H,1-4H3,(H,13,15). The number of carbonyl (C=O) groups excluding carboxylic acids is 1. The smallest absolute Gasteiger partial charge is 0.251 e. The number of amides is 1. The summed E-state index contributed by atoms with van der Waals surface area (Å²) in [6.45, 7) is 5.27. The molecule has 2 N–H and O–H groups in total. The minimum absolute atomic E-state index is 0.0820. The molecule has 100 valence electrons. The van der Waals surface area contributed by atoms with Crippen molar-refractivity contribution in [1.82, 2.24) is 10.0 Å². The minimum Gasteiger partial charge on any atom is -0.355 e. The summed E-state index contributed by atoms with van der Waals surface area (Å²) in [4.78, 5) is 11.5. The summed E-state index contributed by atoms with van der Waals surface area (Å²) < 4.78 is 26.7. The number of hydrogen-bond acceptors (Lipinski definition) is 3. The van der Waals surface area contributed by atoms with Gasteiger partial charge in [-0.25, -0.2) is 13.1 Å². The summed E-state index contributed by atoms with van der Waals surface area (Å²) >= 11 is 0. The Balaban J connectivity index is 3.14. The van der Waals surface area contributed by atoms with Crippen molar-refractivity contribution < 1.29 is 13.2 Å². The third-order valence-corrected chi connectivity index (χ3v) is 3.83. The van der Waals surface area contributed by atoms with Crippen LogP contribution in [0.5, 0.6) is 0 Å². The van der Waals surface area contributed by atoms with E-state index in [0.29, 0.717) is 5.56 Å². The summed E-state index contributed by atoms with van der Waals surface area (Å²) in [6.07, 6.45) is 0. The Bertz CT molecular complexity index is 545. The molecule has 1 rings (SSSR count). The van der Waals surface area contributed by atoms with Gasteiger partial charge >= 0.3 is 0 Å². The first-order valence-electron chi connectivity index (χ1n) is 5.52. The zero-order chi connectivity index (χ0) is 14.0. The molecule has 0 atom stereocenters. The van der Waals surface area contributed by atoms with Crippen molar-refractivity contribution in [2.24, 2.45) is 0 Å². The van der Waals surface area contributed by atoms with Crippen LogP contribution in [0.25, 0.3) is 0 Å². The first-order valence-corrected chi connectivity index (χ1v) is 7.00. The van der Waals surface area contributed by atoms with E-state index in [2.05, 4.69) is 10.0 Å². The van der Waals surface area contributed by atoms with Crippen LogP contribution >= 0.6 is 0 Å². The molecule has 0 unspecified atom stereocenters. The Morgan fingerprint density at radius 1 is 1.22 bits per heavy atom. The van der Waals surface area contributed by atoms with Gasteiger partial charge < -0.3 is 5.32 Å². The van der Waals surface area contributed by atoms with E-state index in [1.807, 2.05) is 0 Å². The third-order valence-electron chi connectivity index (χ3n) is 2.07. The monoisotopic (exact) mass is 270 g/mol. The topological polar surface area (TPSA) is 75.3 Å². The number of nitrogens with one attached hydrogen (secondary N) is 2. The van der Waals surface area contributed by atoms with Gasteiger partial charge in [0.1, 0.15) is 0 Å². The molecule has 0 saturated carbocycles. The molecule has 0 radical (unpaired) electrons. The Morgan fingerprint density at radius 2 is 1.83 bits per heavy atom. The van der Waals surface area contributed by atoms with Crippen LogP contribution in [0.4, 0.5) is 0 Å². The third kappa shape index (κ3) is 3.82. The van der Waals surface area contributed by atoms with Crippen molar-refractivity contribution in [3.8, 4) is 0 Å². The molecule has 1 aromatic rings. The average molecular weight is 270 g/mol. The molecule has 0 spiro atoms. The number of hydrogen-bond donors (Lipinski definition) is 2. The highest BCUT2D eigenvalue weighted by Crippen LogP contribution is 2.14. The van der Waals surface area contributed by atoms with Gasteiger partial charge in [-0.2, -0.15) is 0 Å². The minimum atomic E-state index is -3.61. The van der Waals surface area contributed by atoms with Crippen LogP contribution in [0.2, 0.25) is 0 Å². The molecule has 0 saturated heterocycles. The van der Waals surface area contributed by atoms with Crippen molar-refractivity contribution in [3.05, 3.63) is 29.8 Å². The van der Waals surface area contributed by atoms with Crippen LogP contribution in [0.1, 0.15) is 31.1 Å². The van der Waals surface area contributed by atoms with E-state index in [4.69, 9.17) is 0 Å². The van der Waals surface area contributed by atoms with Crippen LogP contribution < -0.4 is 10.0 Å². The molecular weight excluding hydrogens is 252 g/mol. The SMILES string of the molecule is CNC(=O)c1cccc(S(=O)(=O)NC(C)(C)C)c1. The maximum Gasteiger partial charge on any atom is 0.251 e. The molecule has 5 nitrogen and oxygen atoms in total. The van der Waals surface area contributed by atoms with Gasteiger partial charge in [0.15, 0.2) is 0 Å². The highest BCUT2D eigenvalue weighted by Gasteiger charge is 2.22. The van der Waals surface area contributed by atoms with E-state index in [1.165, 1.54) is 19.2 Å². The largest absolute Gasteiger partial charge is 0.355 e. The fourth-order valence-corrected chi connectivity index (χ4v) is 2.87. The molecule has 0 aliphatic carbocycles. The molecule has 18 heavy (non-hydrogen) atoms. The van der Waals surface area contributed by atoms with Gasteiger partial charge in [-0.05, 0) is 39.0 Å². The van der Waals surface area contributed by atoms with Gasteiger partial charge in [-0.1, -0.05) is 6.07 Å². The molecule has 0 aliphatic rings. The van der Waals surface area contributed by atoms with Crippen LogP contribution in [-0.2, 0) is 10.0 Å². The van der Waals surface area contributed by atoms with Gasteiger partial charge in [0, 0.05) is 18.2 Å². The van der Waals surface area contributed by atoms with Crippen molar-refractivity contribution >= 4 is 15.9 Å². The maximum atomic E-state index is 12.1. The lowest BCUT2D eigenvalue weighted by Crippen LogP contribution is -2.40. The van der Waals surface area contributed by atoms with Gasteiger partial charge in [-0.3, -0.25) is 4.79 Å². The zero-order valence-corrected chi connectivity index (χ0v) is 11.8. The molecule has 0 fully saturated rings. The quantitative estimate of drug-likeness (QED) is 0.864. The lowest BCUT2D eigenvalue weighted by atomic mass is 10.1. The summed E-state index contributed by atoms with van der Waals surface area (Å²) in [6, 6.07) is 5.92. The molecule has 0 aromatic heterocycles. The Kier molecular flexibility index (Phi) is 4.13. The number of carbonyl (C=O) groups is 1. The van der Waals surface area contributed by atoms with Crippen molar-refractivity contribution in [2.75, 3.05) is 7.05 Å². The van der Waals surface area contributed by atoms with Gasteiger partial charge in [0.25, 0.3) is 5.91 Å². The van der Waals surface area contributed by atoms with Gasteiger partial charge in [0.05, 0.1) is 4.90 Å². The zero-order valence-electron chi connectivity index (χ0n) is 10.9. The Morgan fingerprint density at radius 3 is 2.33 bits per heavy atom. The maximum absolute atomic E-state index is 12.1. The second-order valence-electron chi connectivity index (χ2n) is 4.96. The average Bonchev–Trinajstić information content (AvgIpc) is 2.25. The number of benzene rings is 1. The second kappa shape index (κ2) is 5.07. The normalized spacial score (nSPS) is 12.2.